The van der Waals surface area contributed by atoms with E-state index in [0.29, 0.717) is 35.4 Å². The van der Waals surface area contributed by atoms with E-state index in [9.17, 15) is 4.79 Å². The first-order valence-electron chi connectivity index (χ1n) is 8.57. The van der Waals surface area contributed by atoms with Crippen LogP contribution >= 0.6 is 23.2 Å². The molecule has 5 nitrogen and oxygen atoms in total. The van der Waals surface area contributed by atoms with Crippen LogP contribution in [0, 0.1) is 0 Å². The van der Waals surface area contributed by atoms with E-state index in [1.54, 1.807) is 23.1 Å². The summed E-state index contributed by atoms with van der Waals surface area (Å²) in [6, 6.07) is 12.9. The van der Waals surface area contributed by atoms with E-state index in [1.807, 2.05) is 31.2 Å². The molecule has 138 valence electrons. The highest BCUT2D eigenvalue weighted by atomic mass is 35.5. The van der Waals surface area contributed by atoms with Crippen LogP contribution in [0.15, 0.2) is 42.5 Å². The Morgan fingerprint density at radius 1 is 1.04 bits per heavy atom. The Morgan fingerprint density at radius 2 is 1.69 bits per heavy atom. The number of rotatable bonds is 4. The lowest BCUT2D eigenvalue weighted by Crippen LogP contribution is -2.50. The number of nitrogens with one attached hydrogen (secondary N) is 1. The lowest BCUT2D eigenvalue weighted by atomic mass is 10.2. The molecule has 1 aliphatic rings. The van der Waals surface area contributed by atoms with E-state index >= 15 is 0 Å². The molecule has 0 aliphatic carbocycles. The molecule has 2 aromatic carbocycles. The van der Waals surface area contributed by atoms with E-state index in [1.165, 1.54) is 0 Å². The van der Waals surface area contributed by atoms with Crippen molar-refractivity contribution in [1.29, 1.82) is 0 Å². The first-order chi connectivity index (χ1) is 12.6. The average Bonchev–Trinajstić information content (AvgIpc) is 2.66. The van der Waals surface area contributed by atoms with Gasteiger partial charge in [-0.25, -0.2) is 4.79 Å². The minimum absolute atomic E-state index is 0.197. The molecular weight excluding hydrogens is 373 g/mol. The number of benzene rings is 2. The van der Waals surface area contributed by atoms with Crippen LogP contribution in [0.5, 0.6) is 5.75 Å². The topological polar surface area (TPSA) is 44.8 Å². The monoisotopic (exact) mass is 393 g/mol. The number of carbonyl (C=O) groups excluding carboxylic acids is 1. The number of piperazine rings is 1. The van der Waals surface area contributed by atoms with Gasteiger partial charge in [0.1, 0.15) is 5.75 Å². The van der Waals surface area contributed by atoms with Crippen LogP contribution in [0.25, 0.3) is 0 Å². The number of hydrogen-bond donors (Lipinski definition) is 1. The molecule has 1 heterocycles. The Morgan fingerprint density at radius 3 is 2.35 bits per heavy atom. The summed E-state index contributed by atoms with van der Waals surface area (Å²) in [5, 5.41) is 3.67. The first kappa shape index (κ1) is 18.7. The zero-order valence-corrected chi connectivity index (χ0v) is 16.1. The third-order valence-corrected chi connectivity index (χ3v) is 4.90. The van der Waals surface area contributed by atoms with Gasteiger partial charge in [-0.15, -0.1) is 0 Å². The maximum Gasteiger partial charge on any atom is 0.322 e. The standard InChI is InChI=1S/C19H21Cl2N3O2/c1-2-26-17-9-4-3-8-16(17)23-10-12-24(13-11-23)19(25)22-18-14(20)6-5-7-15(18)21/h3-9H,2,10-13H2,1H3,(H,22,25). The number of amides is 2. The predicted octanol–water partition coefficient (Wildman–Crippen LogP) is 4.75. The van der Waals surface area contributed by atoms with E-state index in [0.717, 1.165) is 24.5 Å². The summed E-state index contributed by atoms with van der Waals surface area (Å²) in [4.78, 5) is 16.5. The van der Waals surface area contributed by atoms with E-state index in [4.69, 9.17) is 27.9 Å². The fraction of sp³-hybridized carbons (Fsp3) is 0.316. The summed E-state index contributed by atoms with van der Waals surface area (Å²) in [5.74, 6) is 0.871. The van der Waals surface area contributed by atoms with Gasteiger partial charge < -0.3 is 19.9 Å². The van der Waals surface area contributed by atoms with Crippen molar-refractivity contribution >= 4 is 40.6 Å². The van der Waals surface area contributed by atoms with Crippen LogP contribution in [0.2, 0.25) is 10.0 Å². The van der Waals surface area contributed by atoms with Gasteiger partial charge in [-0.2, -0.15) is 0 Å². The predicted molar refractivity (Wildman–Crippen MR) is 107 cm³/mol. The highest BCUT2D eigenvalue weighted by molar-refractivity contribution is 6.39. The largest absolute Gasteiger partial charge is 0.492 e. The smallest absolute Gasteiger partial charge is 0.322 e. The molecule has 0 bridgehead atoms. The Kier molecular flexibility index (Phi) is 6.12. The van der Waals surface area contributed by atoms with Crippen molar-refractivity contribution in [2.45, 2.75) is 6.92 Å². The van der Waals surface area contributed by atoms with Crippen molar-refractivity contribution in [3.05, 3.63) is 52.5 Å². The molecule has 1 fully saturated rings. The minimum Gasteiger partial charge on any atom is -0.492 e. The molecule has 1 N–H and O–H groups in total. The van der Waals surface area contributed by atoms with Gasteiger partial charge in [0, 0.05) is 26.2 Å². The minimum atomic E-state index is -0.197. The molecule has 0 radical (unpaired) electrons. The van der Waals surface area contributed by atoms with Crippen molar-refractivity contribution < 1.29 is 9.53 Å². The number of anilines is 2. The normalized spacial score (nSPS) is 14.3. The van der Waals surface area contributed by atoms with Crippen LogP contribution in [0.1, 0.15) is 6.92 Å². The number of ether oxygens (including phenoxy) is 1. The van der Waals surface area contributed by atoms with Gasteiger partial charge >= 0.3 is 6.03 Å². The molecule has 0 spiro atoms. The Bertz CT molecular complexity index is 757. The lowest BCUT2D eigenvalue weighted by molar-refractivity contribution is 0.208. The van der Waals surface area contributed by atoms with Gasteiger partial charge in [0.25, 0.3) is 0 Å². The van der Waals surface area contributed by atoms with Crippen molar-refractivity contribution in [2.24, 2.45) is 0 Å². The summed E-state index contributed by atoms with van der Waals surface area (Å²) in [6.07, 6.45) is 0. The average molecular weight is 394 g/mol. The number of nitrogens with zero attached hydrogens (tertiary/aromatic N) is 2. The van der Waals surface area contributed by atoms with Crippen LogP contribution in [0.3, 0.4) is 0 Å². The maximum atomic E-state index is 12.5. The molecular formula is C19H21Cl2N3O2. The van der Waals surface area contributed by atoms with Crippen molar-refractivity contribution in [1.82, 2.24) is 4.90 Å². The van der Waals surface area contributed by atoms with Crippen LogP contribution < -0.4 is 15.0 Å². The molecule has 1 saturated heterocycles. The third-order valence-electron chi connectivity index (χ3n) is 4.27. The van der Waals surface area contributed by atoms with Crippen molar-refractivity contribution in [3.8, 4) is 5.75 Å². The number of halogens is 2. The number of carbonyl (C=O) groups is 1. The Hall–Kier alpha value is -2.11. The van der Waals surface area contributed by atoms with Crippen LogP contribution in [0.4, 0.5) is 16.2 Å². The number of hydrogen-bond acceptors (Lipinski definition) is 3. The van der Waals surface area contributed by atoms with E-state index in [2.05, 4.69) is 10.2 Å². The zero-order valence-electron chi connectivity index (χ0n) is 14.5. The summed E-state index contributed by atoms with van der Waals surface area (Å²) >= 11 is 12.2. The molecule has 0 aromatic heterocycles. The van der Waals surface area contributed by atoms with Crippen LogP contribution in [-0.4, -0.2) is 43.7 Å². The SMILES string of the molecule is CCOc1ccccc1N1CCN(C(=O)Nc2c(Cl)cccc2Cl)CC1. The van der Waals surface area contributed by atoms with Gasteiger partial charge in [-0.3, -0.25) is 0 Å². The first-order valence-corrected chi connectivity index (χ1v) is 9.32. The second-order valence-electron chi connectivity index (χ2n) is 5.90. The third kappa shape index (κ3) is 4.17. The highest BCUT2D eigenvalue weighted by Gasteiger charge is 2.23. The summed E-state index contributed by atoms with van der Waals surface area (Å²) in [7, 11) is 0. The summed E-state index contributed by atoms with van der Waals surface area (Å²) in [6.45, 7) is 5.27. The molecule has 1 aliphatic heterocycles. The molecule has 7 heteroatoms. The number of para-hydroxylation sites is 3. The lowest BCUT2D eigenvalue weighted by Gasteiger charge is -2.36. The molecule has 0 saturated carbocycles. The zero-order chi connectivity index (χ0) is 18.5. The van der Waals surface area contributed by atoms with Gasteiger partial charge in [0.15, 0.2) is 0 Å². The van der Waals surface area contributed by atoms with Gasteiger partial charge in [0.2, 0.25) is 0 Å². The van der Waals surface area contributed by atoms with Crippen LogP contribution in [-0.2, 0) is 0 Å². The van der Waals surface area contributed by atoms with Crippen molar-refractivity contribution in [2.75, 3.05) is 43.0 Å². The van der Waals surface area contributed by atoms with E-state index in [-0.39, 0.29) is 6.03 Å². The van der Waals surface area contributed by atoms with E-state index < -0.39 is 0 Å². The molecule has 0 unspecified atom stereocenters. The second-order valence-corrected chi connectivity index (χ2v) is 6.72. The Balaban J connectivity index is 1.63. The fourth-order valence-electron chi connectivity index (χ4n) is 2.95. The molecule has 26 heavy (non-hydrogen) atoms. The maximum absolute atomic E-state index is 12.5. The summed E-state index contributed by atoms with van der Waals surface area (Å²) in [5.41, 5.74) is 1.51. The molecule has 2 aromatic rings. The molecule has 3 rings (SSSR count). The molecule has 0 atom stereocenters. The number of urea groups is 1. The fourth-order valence-corrected chi connectivity index (χ4v) is 3.44. The quantitative estimate of drug-likeness (QED) is 0.814. The van der Waals surface area contributed by atoms with Gasteiger partial charge in [-0.1, -0.05) is 41.4 Å². The second kappa shape index (κ2) is 8.52. The van der Waals surface area contributed by atoms with Gasteiger partial charge in [-0.05, 0) is 31.2 Å². The molecule has 2 amide bonds. The summed E-state index contributed by atoms with van der Waals surface area (Å²) < 4.78 is 5.71. The van der Waals surface area contributed by atoms with Crippen molar-refractivity contribution in [3.63, 3.8) is 0 Å². The Labute approximate surface area is 163 Å². The highest BCUT2D eigenvalue weighted by Crippen LogP contribution is 2.31. The van der Waals surface area contributed by atoms with Gasteiger partial charge in [0.05, 0.1) is 28.0 Å².